The second kappa shape index (κ2) is 5.76. The number of carbonyl (C=O) groups excluding carboxylic acids is 1. The molecule has 1 heterocycles. The predicted molar refractivity (Wildman–Crippen MR) is 87.3 cm³/mol. The van der Waals surface area contributed by atoms with Gasteiger partial charge in [0.2, 0.25) is 0 Å². The van der Waals surface area contributed by atoms with Crippen molar-refractivity contribution in [2.75, 3.05) is 18.8 Å². The van der Waals surface area contributed by atoms with E-state index >= 15 is 0 Å². The Labute approximate surface area is 125 Å². The number of hydrogen-bond donors (Lipinski definition) is 1. The highest BCUT2D eigenvalue weighted by atomic mass is 16.2. The van der Waals surface area contributed by atoms with Gasteiger partial charge < -0.3 is 10.6 Å². The van der Waals surface area contributed by atoms with E-state index in [1.54, 1.807) is 0 Å². The molecule has 0 radical (unpaired) electrons. The zero-order chi connectivity index (χ0) is 14.8. The summed E-state index contributed by atoms with van der Waals surface area (Å²) in [5, 5.41) is 2.15. The lowest BCUT2D eigenvalue weighted by molar-refractivity contribution is 0.0761. The van der Waals surface area contributed by atoms with Crippen LogP contribution in [0.5, 0.6) is 0 Å². The molecule has 2 aromatic rings. The molecule has 1 atom stereocenters. The number of nitrogens with two attached hydrogens (primary N) is 1. The Morgan fingerprint density at radius 3 is 2.62 bits per heavy atom. The second-order valence-electron chi connectivity index (χ2n) is 6.11. The van der Waals surface area contributed by atoms with Crippen LogP contribution in [0.2, 0.25) is 0 Å². The van der Waals surface area contributed by atoms with Gasteiger partial charge in [-0.05, 0) is 48.1 Å². The van der Waals surface area contributed by atoms with Crippen molar-refractivity contribution >= 4 is 22.4 Å². The third-order valence-corrected chi connectivity index (χ3v) is 4.45. The lowest BCUT2D eigenvalue weighted by Gasteiger charge is -2.21. The minimum atomic E-state index is 0.0763. The maximum Gasteiger partial charge on any atom is 0.255 e. The number of amides is 1. The van der Waals surface area contributed by atoms with Gasteiger partial charge in [0.15, 0.2) is 0 Å². The first-order valence-electron chi connectivity index (χ1n) is 7.72. The summed E-state index contributed by atoms with van der Waals surface area (Å²) in [6.45, 7) is 3.94. The monoisotopic (exact) mass is 282 g/mol. The number of nitrogen functional groups attached to an aromatic ring is 1. The van der Waals surface area contributed by atoms with E-state index in [-0.39, 0.29) is 5.91 Å². The summed E-state index contributed by atoms with van der Waals surface area (Å²) in [5.41, 5.74) is 7.33. The second-order valence-corrected chi connectivity index (χ2v) is 6.11. The molecule has 2 N–H and O–H groups in total. The Hall–Kier alpha value is -2.03. The van der Waals surface area contributed by atoms with E-state index in [1.165, 1.54) is 6.42 Å². The number of anilines is 1. The van der Waals surface area contributed by atoms with Crippen molar-refractivity contribution < 1.29 is 4.79 Å². The molecule has 1 fully saturated rings. The Bertz CT molecular complexity index is 665. The fourth-order valence-corrected chi connectivity index (χ4v) is 3.08. The topological polar surface area (TPSA) is 46.3 Å². The van der Waals surface area contributed by atoms with E-state index in [1.807, 2.05) is 41.3 Å². The number of fused-ring (bicyclic) bond motifs is 1. The van der Waals surface area contributed by atoms with Crippen LogP contribution in [-0.4, -0.2) is 23.9 Å². The van der Waals surface area contributed by atoms with Crippen LogP contribution in [0.25, 0.3) is 10.8 Å². The number of hydrogen-bond acceptors (Lipinski definition) is 2. The summed E-state index contributed by atoms with van der Waals surface area (Å²) in [5.74, 6) is 0.782. The van der Waals surface area contributed by atoms with E-state index in [0.717, 1.165) is 36.7 Å². The molecule has 21 heavy (non-hydrogen) atoms. The largest absolute Gasteiger partial charge is 0.398 e. The average Bonchev–Trinajstić information content (AvgIpc) is 2.70. The minimum absolute atomic E-state index is 0.0763. The van der Waals surface area contributed by atoms with Gasteiger partial charge in [-0.1, -0.05) is 31.2 Å². The summed E-state index contributed by atoms with van der Waals surface area (Å²) in [6.07, 6.45) is 3.37. The van der Waals surface area contributed by atoms with Crippen LogP contribution < -0.4 is 5.73 Å². The lowest BCUT2D eigenvalue weighted by Crippen LogP contribution is -2.32. The van der Waals surface area contributed by atoms with Gasteiger partial charge in [-0.3, -0.25) is 4.79 Å². The van der Waals surface area contributed by atoms with Crippen molar-refractivity contribution in [2.45, 2.75) is 26.2 Å². The summed E-state index contributed by atoms with van der Waals surface area (Å²) < 4.78 is 0. The van der Waals surface area contributed by atoms with E-state index in [2.05, 4.69) is 6.92 Å². The number of likely N-dealkylation sites (tertiary alicyclic amines) is 1. The molecule has 0 aliphatic carbocycles. The summed E-state index contributed by atoms with van der Waals surface area (Å²) in [6, 6.07) is 11.9. The van der Waals surface area contributed by atoms with E-state index in [9.17, 15) is 4.79 Å². The van der Waals surface area contributed by atoms with Crippen molar-refractivity contribution in [3.05, 3.63) is 42.0 Å². The smallest absolute Gasteiger partial charge is 0.255 e. The van der Waals surface area contributed by atoms with Crippen LogP contribution in [-0.2, 0) is 0 Å². The molecule has 0 spiro atoms. The van der Waals surface area contributed by atoms with Gasteiger partial charge in [0.05, 0.1) is 5.56 Å². The molecule has 3 nitrogen and oxygen atoms in total. The van der Waals surface area contributed by atoms with Gasteiger partial charge in [0.1, 0.15) is 0 Å². The first-order valence-corrected chi connectivity index (χ1v) is 7.72. The Balaban J connectivity index is 1.91. The molecule has 110 valence electrons. The molecule has 1 saturated heterocycles. The molecule has 0 aromatic heterocycles. The minimum Gasteiger partial charge on any atom is -0.398 e. The lowest BCUT2D eigenvalue weighted by atomic mass is 10.0. The van der Waals surface area contributed by atoms with Crippen molar-refractivity contribution in [1.82, 2.24) is 4.90 Å². The summed E-state index contributed by atoms with van der Waals surface area (Å²) >= 11 is 0. The first-order chi connectivity index (χ1) is 10.1. The highest BCUT2D eigenvalue weighted by molar-refractivity contribution is 6.03. The van der Waals surface area contributed by atoms with Crippen LogP contribution in [0.4, 0.5) is 5.69 Å². The van der Waals surface area contributed by atoms with Crippen LogP contribution in [0.1, 0.15) is 36.5 Å². The normalized spacial score (nSPS) is 19.5. The highest BCUT2D eigenvalue weighted by Gasteiger charge is 2.21. The first kappa shape index (κ1) is 13.9. The molecule has 2 aromatic carbocycles. The standard InChI is InChI=1S/C18H22N2O/c1-13-5-4-9-20(10-8-13)18(21)16-11-14-6-2-3-7-15(14)12-17(16)19/h2-3,6-7,11-13H,4-5,8-10,19H2,1H3. The molecule has 1 aliphatic rings. The van der Waals surface area contributed by atoms with Crippen molar-refractivity contribution in [3.63, 3.8) is 0 Å². The molecule has 3 rings (SSSR count). The van der Waals surface area contributed by atoms with Gasteiger partial charge in [0, 0.05) is 18.8 Å². The van der Waals surface area contributed by atoms with Gasteiger partial charge in [-0.15, -0.1) is 0 Å². The average molecular weight is 282 g/mol. The zero-order valence-corrected chi connectivity index (χ0v) is 12.5. The highest BCUT2D eigenvalue weighted by Crippen LogP contribution is 2.25. The molecule has 1 aliphatic heterocycles. The number of nitrogens with zero attached hydrogens (tertiary/aromatic N) is 1. The Morgan fingerprint density at radius 2 is 1.86 bits per heavy atom. The van der Waals surface area contributed by atoms with Crippen molar-refractivity contribution in [3.8, 4) is 0 Å². The fourth-order valence-electron chi connectivity index (χ4n) is 3.08. The van der Waals surface area contributed by atoms with Gasteiger partial charge >= 0.3 is 0 Å². The molecular formula is C18H22N2O. The maximum atomic E-state index is 12.8. The summed E-state index contributed by atoms with van der Waals surface area (Å²) in [7, 11) is 0. The van der Waals surface area contributed by atoms with Gasteiger partial charge in [-0.25, -0.2) is 0 Å². The van der Waals surface area contributed by atoms with Crippen LogP contribution >= 0.6 is 0 Å². The molecule has 1 amide bonds. The number of benzene rings is 2. The van der Waals surface area contributed by atoms with Gasteiger partial charge in [-0.2, -0.15) is 0 Å². The van der Waals surface area contributed by atoms with Crippen molar-refractivity contribution in [2.24, 2.45) is 5.92 Å². The SMILES string of the molecule is CC1CCCN(C(=O)c2cc3ccccc3cc2N)CC1. The molecule has 0 bridgehead atoms. The van der Waals surface area contributed by atoms with E-state index in [0.29, 0.717) is 17.2 Å². The Morgan fingerprint density at radius 1 is 1.14 bits per heavy atom. The molecular weight excluding hydrogens is 260 g/mol. The van der Waals surface area contributed by atoms with E-state index < -0.39 is 0 Å². The third-order valence-electron chi connectivity index (χ3n) is 4.45. The van der Waals surface area contributed by atoms with Crippen LogP contribution in [0.15, 0.2) is 36.4 Å². The van der Waals surface area contributed by atoms with Crippen LogP contribution in [0.3, 0.4) is 0 Å². The van der Waals surface area contributed by atoms with Crippen LogP contribution in [0, 0.1) is 5.92 Å². The predicted octanol–water partition coefficient (Wildman–Crippen LogP) is 3.68. The fraction of sp³-hybridized carbons (Fsp3) is 0.389. The van der Waals surface area contributed by atoms with Gasteiger partial charge in [0.25, 0.3) is 5.91 Å². The van der Waals surface area contributed by atoms with Crippen molar-refractivity contribution in [1.29, 1.82) is 0 Å². The maximum absolute atomic E-state index is 12.8. The quantitative estimate of drug-likeness (QED) is 0.811. The molecule has 3 heteroatoms. The third kappa shape index (κ3) is 2.87. The summed E-state index contributed by atoms with van der Waals surface area (Å²) in [4.78, 5) is 14.7. The van der Waals surface area contributed by atoms with E-state index in [4.69, 9.17) is 5.73 Å². The number of carbonyl (C=O) groups is 1. The molecule has 1 unspecified atom stereocenters. The number of rotatable bonds is 1. The zero-order valence-electron chi connectivity index (χ0n) is 12.5. The Kier molecular flexibility index (Phi) is 3.82. The molecule has 0 saturated carbocycles.